The standard InChI is InChI=1S/C58H92N8O20Si3/c1-29(2)87(30(3)4,77-26-44-39(68)17-47(81-44)63-21-35(13)51(69)59-55(63)73)85-41-19-49(65-23-37(15)53(71)61-57(65)75)83-46(41)28-79-89(33(9)10,34(11)12)86-42-20-50(66-24-38(16)54(72)62-58(66)76)82-45(42)27-78-88(31(5)6,32(7)8)84-40-18-48(80-43(40)25-67)64-22-36(14)52(70)60-56(64)74/h21-24,29-34,39-50,67-68H,17-20,25-28H2,1-16H3,(H,59,69,73)(H,60,70,74)(H,61,71,75)(H,62,72,76)/t39-,40-,41-,42-,43+,44+,45+,46+,47+,48+,49+,50+/m0/s1. The Hall–Kier alpha value is -5.11. The van der Waals surface area contributed by atoms with E-state index < -0.39 is 151 Å². The van der Waals surface area contributed by atoms with Gasteiger partial charge in [0.15, 0.2) is 0 Å². The van der Waals surface area contributed by atoms with Crippen LogP contribution < -0.4 is 45.0 Å². The van der Waals surface area contributed by atoms with E-state index in [4.69, 9.17) is 45.5 Å². The fourth-order valence-corrected chi connectivity index (χ4v) is 24.2. The van der Waals surface area contributed by atoms with E-state index in [0.717, 1.165) is 0 Å². The maximum Gasteiger partial charge on any atom is 0.343 e. The van der Waals surface area contributed by atoms with Crippen molar-refractivity contribution < 1.29 is 55.7 Å². The van der Waals surface area contributed by atoms with Crippen molar-refractivity contribution in [2.45, 2.75) is 243 Å². The molecule has 4 aliphatic heterocycles. The zero-order valence-electron chi connectivity index (χ0n) is 53.9. The van der Waals surface area contributed by atoms with Gasteiger partial charge in [0, 0.05) is 72.7 Å². The van der Waals surface area contributed by atoms with E-state index >= 15 is 0 Å². The normalized spacial score (nSPS) is 26.2. The summed E-state index contributed by atoms with van der Waals surface area (Å²) in [5.74, 6) is 0. The van der Waals surface area contributed by atoms with Crippen molar-refractivity contribution in [2.24, 2.45) is 0 Å². The number of aromatic amines is 4. The predicted molar refractivity (Wildman–Crippen MR) is 332 cm³/mol. The summed E-state index contributed by atoms with van der Waals surface area (Å²) in [6.45, 7) is 29.6. The number of nitrogens with zero attached hydrogens (tertiary/aromatic N) is 4. The van der Waals surface area contributed by atoms with E-state index in [0.29, 0.717) is 11.1 Å². The number of nitrogens with one attached hydrogen (secondary N) is 4. The van der Waals surface area contributed by atoms with E-state index in [2.05, 4.69) is 19.9 Å². The smallest absolute Gasteiger partial charge is 0.343 e. The summed E-state index contributed by atoms with van der Waals surface area (Å²) in [6.07, 6.45) is -4.36. The van der Waals surface area contributed by atoms with Gasteiger partial charge in [-0.25, -0.2) is 19.2 Å². The molecule has 8 heterocycles. The molecule has 0 saturated carbocycles. The van der Waals surface area contributed by atoms with E-state index in [1.54, 1.807) is 27.7 Å². The fraction of sp³-hybridized carbons (Fsp3) is 0.724. The van der Waals surface area contributed by atoms with Gasteiger partial charge < -0.3 is 55.7 Å². The second kappa shape index (κ2) is 28.0. The first-order chi connectivity index (χ1) is 41.7. The van der Waals surface area contributed by atoms with E-state index in [1.807, 2.05) is 83.1 Å². The quantitative estimate of drug-likeness (QED) is 0.0485. The first-order valence-electron chi connectivity index (χ1n) is 30.9. The van der Waals surface area contributed by atoms with E-state index in [9.17, 15) is 48.6 Å². The van der Waals surface area contributed by atoms with Gasteiger partial charge in [-0.05, 0) is 60.9 Å². The summed E-state index contributed by atoms with van der Waals surface area (Å²) in [5, 5.41) is 22.0. The highest BCUT2D eigenvalue weighted by Crippen LogP contribution is 2.46. The van der Waals surface area contributed by atoms with Crippen molar-refractivity contribution in [3.8, 4) is 0 Å². The summed E-state index contributed by atoms with van der Waals surface area (Å²) in [5.41, 5.74) is -5.04. The molecule has 89 heavy (non-hydrogen) atoms. The molecule has 0 amide bonds. The molecule has 0 radical (unpaired) electrons. The van der Waals surface area contributed by atoms with Crippen LogP contribution in [0.4, 0.5) is 0 Å². The van der Waals surface area contributed by atoms with E-state index in [1.165, 1.54) is 43.1 Å². The molecule has 4 aromatic heterocycles. The Kier molecular flexibility index (Phi) is 22.0. The molecule has 0 aromatic carbocycles. The molecule has 4 saturated heterocycles. The molecule has 4 fully saturated rings. The molecule has 4 aromatic rings. The molecule has 31 heteroatoms. The summed E-state index contributed by atoms with van der Waals surface area (Å²) >= 11 is 0. The van der Waals surface area contributed by atoms with Crippen LogP contribution in [0.1, 0.15) is 156 Å². The van der Waals surface area contributed by atoms with Gasteiger partial charge in [-0.1, -0.05) is 83.1 Å². The van der Waals surface area contributed by atoms with Gasteiger partial charge in [0.2, 0.25) is 0 Å². The molecular weight excluding hydrogens is 1210 g/mol. The number of aliphatic hydroxyl groups is 2. The Morgan fingerprint density at radius 2 is 0.652 bits per heavy atom. The van der Waals surface area contributed by atoms with Crippen LogP contribution in [0.2, 0.25) is 33.2 Å². The molecule has 496 valence electrons. The molecule has 4 aliphatic rings. The minimum atomic E-state index is -3.60. The molecule has 6 N–H and O–H groups in total. The average Bonchev–Trinajstić information content (AvgIpc) is 3.68. The first-order valence-corrected chi connectivity index (χ1v) is 36.8. The van der Waals surface area contributed by atoms with E-state index in [-0.39, 0.29) is 89.9 Å². The van der Waals surface area contributed by atoms with Crippen molar-refractivity contribution in [1.29, 1.82) is 0 Å². The van der Waals surface area contributed by atoms with Crippen molar-refractivity contribution in [3.05, 3.63) is 130 Å². The fourth-order valence-electron chi connectivity index (χ4n) is 13.0. The predicted octanol–water partition coefficient (Wildman–Crippen LogP) is 3.92. The molecule has 0 aliphatic carbocycles. The first kappa shape index (κ1) is 69.8. The zero-order chi connectivity index (χ0) is 65.5. The topological polar surface area (TPSA) is 352 Å². The third kappa shape index (κ3) is 14.4. The van der Waals surface area contributed by atoms with Gasteiger partial charge in [0.1, 0.15) is 49.3 Å². The van der Waals surface area contributed by atoms with Gasteiger partial charge in [-0.15, -0.1) is 0 Å². The molecular formula is C58H92N8O20Si3. The number of hydrogen-bond donors (Lipinski definition) is 6. The average molecular weight is 1310 g/mol. The van der Waals surface area contributed by atoms with Crippen molar-refractivity contribution >= 4 is 25.7 Å². The minimum absolute atomic E-state index is 0.0525. The van der Waals surface area contributed by atoms with Crippen LogP contribution in [0.3, 0.4) is 0 Å². The summed E-state index contributed by atoms with van der Waals surface area (Å²) in [6, 6.07) is 0. The molecule has 12 atom stereocenters. The van der Waals surface area contributed by atoms with Crippen molar-refractivity contribution in [3.63, 3.8) is 0 Å². The van der Waals surface area contributed by atoms with Crippen molar-refractivity contribution in [1.82, 2.24) is 38.2 Å². The number of ether oxygens (including phenoxy) is 4. The molecule has 8 rings (SSSR count). The maximum absolute atomic E-state index is 13.6. The number of H-pyrrole nitrogens is 4. The Bertz CT molecular complexity index is 3600. The minimum Gasteiger partial charge on any atom is -0.394 e. The Balaban J connectivity index is 1.10. The monoisotopic (exact) mass is 1300 g/mol. The van der Waals surface area contributed by atoms with Crippen LogP contribution in [0.15, 0.2) is 63.1 Å². The SMILES string of the molecule is Cc1cn([C@H]2C[C@H](O[Si](OC[C@H]3O[C@@H](n4cc(C)c(=O)[nH]c4=O)C[C@@H]3O[Si](OC[C@H]3O[C@@H](n4cc(C)c(=O)[nH]c4=O)C[C@@H]3O[Si](OC[C@H]3O[C@@H](n4cc(C)c(=O)[nH]c4=O)C[C@@H]3O)(C(C)C)C(C)C)(C(C)C)C(C)C)(C(C)C)C(C)C)[C@@H](CO)O2)c(=O)[nH]c1=O. The molecule has 28 nitrogen and oxygen atoms in total. The number of aryl methyl sites for hydroxylation is 4. The lowest BCUT2D eigenvalue weighted by Gasteiger charge is -2.43. The molecule has 0 unspecified atom stereocenters. The summed E-state index contributed by atoms with van der Waals surface area (Å²) in [4.78, 5) is 112. The van der Waals surface area contributed by atoms with Gasteiger partial charge in [0.25, 0.3) is 22.2 Å². The Labute approximate surface area is 517 Å². The third-order valence-corrected chi connectivity index (χ3v) is 31.5. The van der Waals surface area contributed by atoms with Crippen LogP contribution in [-0.4, -0.2) is 149 Å². The Morgan fingerprint density at radius 3 is 0.921 bits per heavy atom. The number of hydrogen-bond acceptors (Lipinski definition) is 20. The lowest BCUT2D eigenvalue weighted by atomic mass is 10.2. The lowest BCUT2D eigenvalue weighted by Crippen LogP contribution is -2.56. The third-order valence-electron chi connectivity index (χ3n) is 18.0. The highest BCUT2D eigenvalue weighted by Gasteiger charge is 2.57. The van der Waals surface area contributed by atoms with Crippen LogP contribution >= 0.6 is 0 Å². The number of aliphatic hydroxyl groups excluding tert-OH is 2. The van der Waals surface area contributed by atoms with Gasteiger partial charge in [-0.2, -0.15) is 0 Å². The van der Waals surface area contributed by atoms with Crippen molar-refractivity contribution in [2.75, 3.05) is 26.4 Å². The second-order valence-electron chi connectivity index (χ2n) is 26.1. The number of aromatic nitrogens is 8. The molecule has 0 bridgehead atoms. The Morgan fingerprint density at radius 1 is 0.416 bits per heavy atom. The van der Waals surface area contributed by atoms with Crippen LogP contribution in [-0.2, 0) is 45.5 Å². The molecule has 0 spiro atoms. The summed E-state index contributed by atoms with van der Waals surface area (Å²) in [7, 11) is -10.5. The highest BCUT2D eigenvalue weighted by atomic mass is 28.4. The van der Waals surface area contributed by atoms with Crippen LogP contribution in [0.5, 0.6) is 0 Å². The second-order valence-corrected chi connectivity index (χ2v) is 38.9. The largest absolute Gasteiger partial charge is 0.394 e. The lowest BCUT2D eigenvalue weighted by molar-refractivity contribution is -0.0704. The van der Waals surface area contributed by atoms with Crippen LogP contribution in [0.25, 0.3) is 0 Å². The maximum atomic E-state index is 13.6. The van der Waals surface area contributed by atoms with Gasteiger partial charge in [-0.3, -0.25) is 57.4 Å². The summed E-state index contributed by atoms with van der Waals surface area (Å²) < 4.78 is 74.9. The highest BCUT2D eigenvalue weighted by molar-refractivity contribution is 6.71. The van der Waals surface area contributed by atoms with Gasteiger partial charge in [0.05, 0.1) is 50.8 Å². The van der Waals surface area contributed by atoms with Crippen LogP contribution in [0, 0.1) is 27.7 Å². The number of rotatable bonds is 26. The zero-order valence-corrected chi connectivity index (χ0v) is 56.9. The van der Waals surface area contributed by atoms with Gasteiger partial charge >= 0.3 is 48.4 Å².